The van der Waals surface area contributed by atoms with Crippen molar-refractivity contribution in [1.82, 2.24) is 5.43 Å². The SMILES string of the molecule is O=C(N/N=C\c1ccc(OS(=O)(=O)c2ccccc2)cc1)c1cccc(Br)c1. The van der Waals surface area contributed by atoms with Gasteiger partial charge in [-0.05, 0) is 60.2 Å². The van der Waals surface area contributed by atoms with Gasteiger partial charge in [-0.3, -0.25) is 4.79 Å². The lowest BCUT2D eigenvalue weighted by Gasteiger charge is -2.07. The molecule has 28 heavy (non-hydrogen) atoms. The number of nitrogens with one attached hydrogen (secondary N) is 1. The van der Waals surface area contributed by atoms with Gasteiger partial charge in [-0.15, -0.1) is 0 Å². The van der Waals surface area contributed by atoms with Crippen molar-refractivity contribution in [3.63, 3.8) is 0 Å². The average molecular weight is 459 g/mol. The first-order valence-electron chi connectivity index (χ1n) is 8.13. The second-order valence-corrected chi connectivity index (χ2v) is 8.09. The van der Waals surface area contributed by atoms with Crippen LogP contribution in [0, 0.1) is 0 Å². The molecule has 0 aliphatic rings. The molecule has 0 heterocycles. The number of hydrogen-bond donors (Lipinski definition) is 1. The summed E-state index contributed by atoms with van der Waals surface area (Å²) in [5, 5.41) is 3.90. The number of carbonyl (C=O) groups is 1. The summed E-state index contributed by atoms with van der Waals surface area (Å²) in [5.41, 5.74) is 3.57. The van der Waals surface area contributed by atoms with E-state index in [0.29, 0.717) is 11.1 Å². The Hall–Kier alpha value is -2.97. The fourth-order valence-electron chi connectivity index (χ4n) is 2.23. The first-order valence-corrected chi connectivity index (χ1v) is 10.3. The van der Waals surface area contributed by atoms with Gasteiger partial charge in [0.1, 0.15) is 10.6 Å². The highest BCUT2D eigenvalue weighted by Gasteiger charge is 2.15. The van der Waals surface area contributed by atoms with Gasteiger partial charge < -0.3 is 4.18 Å². The summed E-state index contributed by atoms with van der Waals surface area (Å²) >= 11 is 3.30. The highest BCUT2D eigenvalue weighted by atomic mass is 79.9. The molecule has 1 N–H and O–H groups in total. The molecule has 1 amide bonds. The van der Waals surface area contributed by atoms with Crippen LogP contribution in [0.5, 0.6) is 5.75 Å². The van der Waals surface area contributed by atoms with E-state index in [1.807, 2.05) is 6.07 Å². The number of rotatable bonds is 6. The molecule has 0 aliphatic carbocycles. The molecule has 142 valence electrons. The molecule has 0 aromatic heterocycles. The van der Waals surface area contributed by atoms with Crippen LogP contribution in [-0.2, 0) is 10.1 Å². The second kappa shape index (κ2) is 8.81. The molecule has 0 fully saturated rings. The van der Waals surface area contributed by atoms with Crippen molar-refractivity contribution >= 4 is 38.2 Å². The van der Waals surface area contributed by atoms with Crippen molar-refractivity contribution < 1.29 is 17.4 Å². The maximum Gasteiger partial charge on any atom is 0.339 e. The van der Waals surface area contributed by atoms with Gasteiger partial charge in [0.25, 0.3) is 5.91 Å². The van der Waals surface area contributed by atoms with Crippen molar-refractivity contribution in [3.8, 4) is 5.75 Å². The lowest BCUT2D eigenvalue weighted by atomic mass is 10.2. The monoisotopic (exact) mass is 458 g/mol. The highest BCUT2D eigenvalue weighted by Crippen LogP contribution is 2.18. The molecular formula is C20H15BrN2O4S. The molecule has 0 aliphatic heterocycles. The molecule has 3 aromatic rings. The zero-order valence-electron chi connectivity index (χ0n) is 14.4. The number of nitrogens with zero attached hydrogens (tertiary/aromatic N) is 1. The zero-order valence-corrected chi connectivity index (χ0v) is 16.9. The Morgan fingerprint density at radius 3 is 2.36 bits per heavy atom. The van der Waals surface area contributed by atoms with Crippen LogP contribution in [0.4, 0.5) is 0 Å². The summed E-state index contributed by atoms with van der Waals surface area (Å²) in [5.74, 6) is -0.161. The third-order valence-electron chi connectivity index (χ3n) is 3.58. The lowest BCUT2D eigenvalue weighted by molar-refractivity contribution is 0.0955. The normalized spacial score (nSPS) is 11.3. The van der Waals surface area contributed by atoms with Crippen LogP contribution >= 0.6 is 15.9 Å². The summed E-state index contributed by atoms with van der Waals surface area (Å²) in [6, 6.07) is 21.1. The first kappa shape index (κ1) is 19.8. The fourth-order valence-corrected chi connectivity index (χ4v) is 3.58. The topological polar surface area (TPSA) is 84.8 Å². The zero-order chi connectivity index (χ0) is 20.0. The number of halogens is 1. The number of carbonyl (C=O) groups excluding carboxylic acids is 1. The predicted molar refractivity (Wildman–Crippen MR) is 110 cm³/mol. The fraction of sp³-hybridized carbons (Fsp3) is 0. The summed E-state index contributed by atoms with van der Waals surface area (Å²) in [6.45, 7) is 0. The Bertz CT molecular complexity index is 1100. The van der Waals surface area contributed by atoms with E-state index in [-0.39, 0.29) is 16.6 Å². The number of amides is 1. The van der Waals surface area contributed by atoms with Gasteiger partial charge in [0.2, 0.25) is 0 Å². The van der Waals surface area contributed by atoms with Crippen molar-refractivity contribution in [2.24, 2.45) is 5.10 Å². The molecule has 6 nitrogen and oxygen atoms in total. The molecule has 0 atom stereocenters. The molecular weight excluding hydrogens is 444 g/mol. The van der Waals surface area contributed by atoms with E-state index in [0.717, 1.165) is 4.47 Å². The van der Waals surface area contributed by atoms with E-state index in [4.69, 9.17) is 4.18 Å². The van der Waals surface area contributed by atoms with E-state index in [2.05, 4.69) is 26.5 Å². The van der Waals surface area contributed by atoms with Crippen molar-refractivity contribution in [2.45, 2.75) is 4.90 Å². The van der Waals surface area contributed by atoms with Gasteiger partial charge in [0.15, 0.2) is 0 Å². The molecule has 0 saturated carbocycles. The highest BCUT2D eigenvalue weighted by molar-refractivity contribution is 9.10. The standard InChI is InChI=1S/C20H15BrN2O4S/c21-17-6-4-5-16(13-17)20(24)23-22-14-15-9-11-18(12-10-15)27-28(25,26)19-7-2-1-3-8-19/h1-14H,(H,23,24)/b22-14-. The summed E-state index contributed by atoms with van der Waals surface area (Å²) < 4.78 is 30.3. The van der Waals surface area contributed by atoms with Crippen LogP contribution in [0.25, 0.3) is 0 Å². The summed E-state index contributed by atoms with van der Waals surface area (Å²) in [6.07, 6.45) is 1.45. The molecule has 0 bridgehead atoms. The molecule has 8 heteroatoms. The second-order valence-electron chi connectivity index (χ2n) is 5.63. The van der Waals surface area contributed by atoms with Gasteiger partial charge in [-0.25, -0.2) is 5.43 Å². The quantitative estimate of drug-likeness (QED) is 0.343. The number of benzene rings is 3. The van der Waals surface area contributed by atoms with Crippen molar-refractivity contribution in [3.05, 3.63) is 94.5 Å². The molecule has 3 rings (SSSR count). The number of hydrogen-bond acceptors (Lipinski definition) is 5. The average Bonchev–Trinajstić information content (AvgIpc) is 2.70. The molecule has 3 aromatic carbocycles. The Balaban J connectivity index is 1.61. The minimum atomic E-state index is -3.88. The van der Waals surface area contributed by atoms with E-state index in [1.165, 1.54) is 30.5 Å². The molecule has 0 unspecified atom stereocenters. The van der Waals surface area contributed by atoms with Crippen LogP contribution in [-0.4, -0.2) is 20.5 Å². The van der Waals surface area contributed by atoms with Crippen LogP contribution in [0.2, 0.25) is 0 Å². The maximum absolute atomic E-state index is 12.2. The van der Waals surface area contributed by atoms with Gasteiger partial charge in [0, 0.05) is 10.0 Å². The largest absolute Gasteiger partial charge is 0.379 e. The Morgan fingerprint density at radius 1 is 0.964 bits per heavy atom. The lowest BCUT2D eigenvalue weighted by Crippen LogP contribution is -2.17. The number of hydrazone groups is 1. The van der Waals surface area contributed by atoms with Gasteiger partial charge in [-0.1, -0.05) is 40.2 Å². The van der Waals surface area contributed by atoms with Gasteiger partial charge >= 0.3 is 10.1 Å². The smallest absolute Gasteiger partial charge is 0.339 e. The van der Waals surface area contributed by atoms with Crippen molar-refractivity contribution in [2.75, 3.05) is 0 Å². The maximum atomic E-state index is 12.2. The van der Waals surface area contributed by atoms with E-state index in [9.17, 15) is 13.2 Å². The molecule has 0 radical (unpaired) electrons. The van der Waals surface area contributed by atoms with Crippen LogP contribution in [0.15, 0.2) is 93.3 Å². The Labute approximate surface area is 171 Å². The third-order valence-corrected chi connectivity index (χ3v) is 5.34. The van der Waals surface area contributed by atoms with Crippen LogP contribution < -0.4 is 9.61 Å². The summed E-state index contributed by atoms with van der Waals surface area (Å²) in [4.78, 5) is 12.1. The minimum absolute atomic E-state index is 0.0795. The van der Waals surface area contributed by atoms with Crippen LogP contribution in [0.3, 0.4) is 0 Å². The molecule has 0 saturated heterocycles. The van der Waals surface area contributed by atoms with E-state index in [1.54, 1.807) is 48.5 Å². The van der Waals surface area contributed by atoms with E-state index < -0.39 is 10.1 Å². The minimum Gasteiger partial charge on any atom is -0.379 e. The predicted octanol–water partition coefficient (Wildman–Crippen LogP) is 3.98. The van der Waals surface area contributed by atoms with Crippen molar-refractivity contribution in [1.29, 1.82) is 0 Å². The Kier molecular flexibility index (Phi) is 6.23. The van der Waals surface area contributed by atoms with Gasteiger partial charge in [0.05, 0.1) is 6.21 Å². The Morgan fingerprint density at radius 2 is 1.68 bits per heavy atom. The van der Waals surface area contributed by atoms with Crippen LogP contribution in [0.1, 0.15) is 15.9 Å². The van der Waals surface area contributed by atoms with Gasteiger partial charge in [-0.2, -0.15) is 13.5 Å². The molecule has 0 spiro atoms. The third kappa shape index (κ3) is 5.28. The summed E-state index contributed by atoms with van der Waals surface area (Å²) in [7, 11) is -3.88. The van der Waals surface area contributed by atoms with E-state index >= 15 is 0 Å². The first-order chi connectivity index (χ1) is 13.4.